The molecule has 3 aliphatic rings. The number of aliphatic hydroxyl groups is 7. The Labute approximate surface area is 138 Å². The topological polar surface area (TPSA) is 163 Å². The van der Waals surface area contributed by atoms with Crippen molar-refractivity contribution in [1.29, 1.82) is 0 Å². The summed E-state index contributed by atoms with van der Waals surface area (Å²) in [6, 6.07) is -1.19. The van der Waals surface area contributed by atoms with E-state index in [1.54, 1.807) is 4.90 Å². The molecule has 3 rings (SSSR count). The van der Waals surface area contributed by atoms with Gasteiger partial charge < -0.3 is 45.2 Å². The van der Waals surface area contributed by atoms with Crippen molar-refractivity contribution < 1.29 is 45.2 Å². The molecule has 3 saturated heterocycles. The van der Waals surface area contributed by atoms with Gasteiger partial charge in [0.1, 0.15) is 30.5 Å². The van der Waals surface area contributed by atoms with E-state index in [1.807, 2.05) is 0 Å². The molecule has 10 unspecified atom stereocenters. The van der Waals surface area contributed by atoms with Crippen LogP contribution < -0.4 is 0 Å². The summed E-state index contributed by atoms with van der Waals surface area (Å²) in [6.45, 7) is -0.431. The largest absolute Gasteiger partial charge is 0.395 e. The number of hydrogen-bond donors (Lipinski definition) is 7. The summed E-state index contributed by atoms with van der Waals surface area (Å²) in [4.78, 5) is 1.75. The highest BCUT2D eigenvalue weighted by atomic mass is 16.7. The van der Waals surface area contributed by atoms with Crippen LogP contribution in [0.3, 0.4) is 0 Å². The Balaban J connectivity index is 1.74. The van der Waals surface area contributed by atoms with Crippen LogP contribution in [0, 0.1) is 0 Å². The second kappa shape index (κ2) is 7.08. The maximum atomic E-state index is 10.5. The maximum Gasteiger partial charge on any atom is 0.187 e. The normalized spacial score (nSPS) is 52.6. The van der Waals surface area contributed by atoms with E-state index >= 15 is 0 Å². The van der Waals surface area contributed by atoms with Gasteiger partial charge in [-0.05, 0) is 6.42 Å². The van der Waals surface area contributed by atoms with Gasteiger partial charge >= 0.3 is 0 Å². The van der Waals surface area contributed by atoms with Crippen LogP contribution in [0.4, 0.5) is 0 Å². The lowest BCUT2D eigenvalue weighted by molar-refractivity contribution is -0.317. The smallest absolute Gasteiger partial charge is 0.187 e. The van der Waals surface area contributed by atoms with Crippen molar-refractivity contribution in [3.63, 3.8) is 0 Å². The van der Waals surface area contributed by atoms with Crippen molar-refractivity contribution in [2.45, 2.75) is 67.5 Å². The van der Waals surface area contributed by atoms with Gasteiger partial charge in [-0.2, -0.15) is 0 Å². The Morgan fingerprint density at radius 3 is 2.25 bits per heavy atom. The van der Waals surface area contributed by atoms with Crippen molar-refractivity contribution >= 4 is 0 Å². The van der Waals surface area contributed by atoms with E-state index in [-0.39, 0.29) is 6.61 Å². The van der Waals surface area contributed by atoms with E-state index in [4.69, 9.17) is 9.47 Å². The maximum absolute atomic E-state index is 10.5. The molecular formula is C14H25NO9. The fourth-order valence-electron chi connectivity index (χ4n) is 3.96. The molecule has 0 bridgehead atoms. The number of fused-ring (bicyclic) bond motifs is 1. The number of hydrogen-bond acceptors (Lipinski definition) is 10. The molecule has 10 heteroatoms. The van der Waals surface area contributed by atoms with Gasteiger partial charge in [-0.25, -0.2) is 0 Å². The van der Waals surface area contributed by atoms with Gasteiger partial charge in [0.25, 0.3) is 0 Å². The number of rotatable bonds is 4. The molecule has 3 heterocycles. The van der Waals surface area contributed by atoms with Crippen molar-refractivity contribution in [2.24, 2.45) is 0 Å². The van der Waals surface area contributed by atoms with E-state index in [1.165, 1.54) is 0 Å². The summed E-state index contributed by atoms with van der Waals surface area (Å²) in [5, 5.41) is 68.9. The predicted molar refractivity (Wildman–Crippen MR) is 76.6 cm³/mol. The van der Waals surface area contributed by atoms with Crippen LogP contribution in [0.2, 0.25) is 0 Å². The van der Waals surface area contributed by atoms with Crippen LogP contribution in [0.15, 0.2) is 0 Å². The van der Waals surface area contributed by atoms with Crippen LogP contribution in [0.5, 0.6) is 0 Å². The quantitative estimate of drug-likeness (QED) is 0.262. The molecule has 0 aliphatic carbocycles. The lowest BCUT2D eigenvalue weighted by Crippen LogP contribution is -2.60. The Morgan fingerprint density at radius 2 is 1.62 bits per heavy atom. The van der Waals surface area contributed by atoms with E-state index in [2.05, 4.69) is 0 Å². The summed E-state index contributed by atoms with van der Waals surface area (Å²) in [6.07, 6.45) is -9.55. The zero-order valence-corrected chi connectivity index (χ0v) is 13.0. The SMILES string of the molecule is OCC1OC(OC2C(O)C3C(O)CCN3C2CO)C(O)C(O)C1O. The van der Waals surface area contributed by atoms with Crippen LogP contribution in [-0.4, -0.2) is 122 Å². The van der Waals surface area contributed by atoms with E-state index in [9.17, 15) is 35.7 Å². The molecule has 7 N–H and O–H groups in total. The minimum atomic E-state index is -1.59. The van der Waals surface area contributed by atoms with Crippen LogP contribution in [0.25, 0.3) is 0 Å². The minimum Gasteiger partial charge on any atom is -0.395 e. The van der Waals surface area contributed by atoms with Crippen LogP contribution >= 0.6 is 0 Å². The van der Waals surface area contributed by atoms with E-state index in [0.29, 0.717) is 13.0 Å². The molecule has 0 aromatic heterocycles. The van der Waals surface area contributed by atoms with Gasteiger partial charge in [-0.1, -0.05) is 0 Å². The van der Waals surface area contributed by atoms with Crippen LogP contribution in [-0.2, 0) is 9.47 Å². The highest BCUT2D eigenvalue weighted by Gasteiger charge is 2.56. The molecular weight excluding hydrogens is 326 g/mol. The lowest BCUT2D eigenvalue weighted by atomic mass is 9.98. The molecule has 0 aromatic carbocycles. The number of aliphatic hydroxyl groups excluding tert-OH is 7. The zero-order valence-electron chi connectivity index (χ0n) is 13.0. The lowest BCUT2D eigenvalue weighted by Gasteiger charge is -2.41. The van der Waals surface area contributed by atoms with Gasteiger partial charge in [0.2, 0.25) is 0 Å². The number of nitrogens with zero attached hydrogens (tertiary/aromatic N) is 1. The molecule has 10 atom stereocenters. The standard InChI is InChI=1S/C14H25NO9/c16-3-5-13(10(20)8-6(18)1-2-15(5)8)24-14-12(22)11(21)9(19)7(4-17)23-14/h5-14,16-22H,1-4H2. The number of ether oxygens (including phenoxy) is 2. The highest BCUT2D eigenvalue weighted by Crippen LogP contribution is 2.36. The first-order valence-electron chi connectivity index (χ1n) is 8.09. The summed E-state index contributed by atoms with van der Waals surface area (Å²) < 4.78 is 10.9. The first-order chi connectivity index (χ1) is 11.4. The fourth-order valence-corrected chi connectivity index (χ4v) is 3.96. The average Bonchev–Trinajstić information content (AvgIpc) is 3.07. The fraction of sp³-hybridized carbons (Fsp3) is 1.00. The van der Waals surface area contributed by atoms with Crippen molar-refractivity contribution in [3.8, 4) is 0 Å². The molecule has 3 aliphatic heterocycles. The van der Waals surface area contributed by atoms with Gasteiger partial charge in [-0.3, -0.25) is 4.90 Å². The predicted octanol–water partition coefficient (Wildman–Crippen LogP) is -4.66. The monoisotopic (exact) mass is 351 g/mol. The average molecular weight is 351 g/mol. The van der Waals surface area contributed by atoms with Gasteiger partial charge in [-0.15, -0.1) is 0 Å². The highest BCUT2D eigenvalue weighted by molar-refractivity contribution is 5.08. The molecule has 0 spiro atoms. The minimum absolute atomic E-state index is 0.331. The second-order valence-electron chi connectivity index (χ2n) is 6.62. The first-order valence-corrected chi connectivity index (χ1v) is 8.09. The van der Waals surface area contributed by atoms with Gasteiger partial charge in [0, 0.05) is 6.54 Å². The molecule has 0 aromatic rings. The van der Waals surface area contributed by atoms with E-state index in [0.717, 1.165) is 0 Å². The van der Waals surface area contributed by atoms with Crippen molar-refractivity contribution in [1.82, 2.24) is 4.90 Å². The Bertz CT molecular complexity index is 438. The molecule has 0 saturated carbocycles. The van der Waals surface area contributed by atoms with Crippen molar-refractivity contribution in [3.05, 3.63) is 0 Å². The van der Waals surface area contributed by atoms with Gasteiger partial charge in [0.15, 0.2) is 6.29 Å². The van der Waals surface area contributed by atoms with Crippen molar-refractivity contribution in [2.75, 3.05) is 19.8 Å². The summed E-state index contributed by atoms with van der Waals surface area (Å²) in [5.41, 5.74) is 0. The molecule has 140 valence electrons. The molecule has 0 radical (unpaired) electrons. The zero-order chi connectivity index (χ0) is 17.6. The van der Waals surface area contributed by atoms with Gasteiger partial charge in [0.05, 0.1) is 37.5 Å². The Morgan fingerprint density at radius 1 is 0.917 bits per heavy atom. The molecule has 24 heavy (non-hydrogen) atoms. The third-order valence-corrected chi connectivity index (χ3v) is 5.28. The van der Waals surface area contributed by atoms with E-state index < -0.39 is 67.7 Å². The summed E-state index contributed by atoms with van der Waals surface area (Å²) >= 11 is 0. The molecule has 10 nitrogen and oxygen atoms in total. The Kier molecular flexibility index (Phi) is 5.42. The summed E-state index contributed by atoms with van der Waals surface area (Å²) in [5.74, 6) is 0. The third-order valence-electron chi connectivity index (χ3n) is 5.28. The summed E-state index contributed by atoms with van der Waals surface area (Å²) in [7, 11) is 0. The van der Waals surface area contributed by atoms with Crippen LogP contribution in [0.1, 0.15) is 6.42 Å². The first kappa shape index (κ1) is 18.4. The molecule has 3 fully saturated rings. The molecule has 0 amide bonds. The second-order valence-corrected chi connectivity index (χ2v) is 6.62. The Hall–Kier alpha value is -0.400. The third kappa shape index (κ3) is 2.86.